The van der Waals surface area contributed by atoms with Crippen molar-refractivity contribution in [3.63, 3.8) is 0 Å². The van der Waals surface area contributed by atoms with Crippen LogP contribution in [0.4, 0.5) is 4.79 Å². The van der Waals surface area contributed by atoms with Crippen molar-refractivity contribution in [1.29, 1.82) is 0 Å². The fourth-order valence-corrected chi connectivity index (χ4v) is 2.68. The van der Waals surface area contributed by atoms with Gasteiger partial charge in [0.1, 0.15) is 6.04 Å². The molecule has 6 nitrogen and oxygen atoms in total. The fourth-order valence-electron chi connectivity index (χ4n) is 2.68. The zero-order chi connectivity index (χ0) is 18.1. The predicted molar refractivity (Wildman–Crippen MR) is 91.7 cm³/mol. The van der Waals surface area contributed by atoms with E-state index in [-0.39, 0.29) is 23.3 Å². The van der Waals surface area contributed by atoms with Crippen molar-refractivity contribution in [2.24, 2.45) is 5.41 Å². The molecule has 0 radical (unpaired) electrons. The van der Waals surface area contributed by atoms with Crippen molar-refractivity contribution >= 4 is 17.8 Å². The lowest BCUT2D eigenvalue weighted by atomic mass is 9.87. The van der Waals surface area contributed by atoms with E-state index >= 15 is 0 Å². The highest BCUT2D eigenvalue weighted by atomic mass is 16.2. The van der Waals surface area contributed by atoms with Crippen LogP contribution in [0, 0.1) is 5.41 Å². The van der Waals surface area contributed by atoms with E-state index in [9.17, 15) is 14.4 Å². The lowest BCUT2D eigenvalue weighted by Crippen LogP contribution is -2.41. The van der Waals surface area contributed by atoms with Crippen molar-refractivity contribution < 1.29 is 14.4 Å². The average molecular weight is 331 g/mol. The minimum atomic E-state index is -0.494. The number of hydrogen-bond acceptors (Lipinski definition) is 3. The Labute approximate surface area is 142 Å². The molecule has 1 aromatic carbocycles. The van der Waals surface area contributed by atoms with Crippen molar-refractivity contribution in [3.8, 4) is 0 Å². The minimum absolute atomic E-state index is 0.0698. The molecule has 0 bridgehead atoms. The van der Waals surface area contributed by atoms with Crippen LogP contribution >= 0.6 is 0 Å². The molecule has 6 heteroatoms. The second-order valence-electron chi connectivity index (χ2n) is 7.39. The Morgan fingerprint density at radius 3 is 2.46 bits per heavy atom. The molecule has 1 aromatic rings. The Bertz CT molecular complexity index is 662. The zero-order valence-electron chi connectivity index (χ0n) is 14.9. The van der Waals surface area contributed by atoms with E-state index in [1.807, 2.05) is 39.0 Å². The van der Waals surface area contributed by atoms with E-state index in [1.165, 1.54) is 9.80 Å². The molecule has 1 fully saturated rings. The number of imide groups is 1. The third-order valence-electron chi connectivity index (χ3n) is 4.10. The van der Waals surface area contributed by atoms with Crippen LogP contribution in [-0.2, 0) is 11.2 Å². The van der Waals surface area contributed by atoms with Crippen LogP contribution in [0.5, 0.6) is 0 Å². The summed E-state index contributed by atoms with van der Waals surface area (Å²) in [6, 6.07) is 6.44. The van der Waals surface area contributed by atoms with Gasteiger partial charge in [0, 0.05) is 26.2 Å². The second-order valence-corrected chi connectivity index (χ2v) is 7.39. The van der Waals surface area contributed by atoms with Crippen molar-refractivity contribution in [3.05, 3.63) is 35.4 Å². The predicted octanol–water partition coefficient (Wildman–Crippen LogP) is 1.90. The topological polar surface area (TPSA) is 69.7 Å². The Balaban J connectivity index is 2.06. The SMILES string of the molecule is CN(C)C(=O)c1cccc(CCN2C(=O)N[C@@H](C(C)(C)C)C2=O)c1. The summed E-state index contributed by atoms with van der Waals surface area (Å²) < 4.78 is 0. The molecule has 0 spiro atoms. The molecule has 0 aromatic heterocycles. The number of benzene rings is 1. The Hall–Kier alpha value is -2.37. The molecule has 24 heavy (non-hydrogen) atoms. The van der Waals surface area contributed by atoms with Gasteiger partial charge in [-0.2, -0.15) is 0 Å². The molecule has 1 N–H and O–H groups in total. The molecule has 1 heterocycles. The summed E-state index contributed by atoms with van der Waals surface area (Å²) in [5, 5.41) is 2.75. The molecule has 4 amide bonds. The maximum atomic E-state index is 12.4. The molecule has 0 aliphatic carbocycles. The van der Waals surface area contributed by atoms with Crippen LogP contribution in [0.2, 0.25) is 0 Å². The van der Waals surface area contributed by atoms with Gasteiger partial charge in [-0.1, -0.05) is 32.9 Å². The molecule has 130 valence electrons. The highest BCUT2D eigenvalue weighted by molar-refractivity contribution is 6.04. The van der Waals surface area contributed by atoms with Gasteiger partial charge in [-0.05, 0) is 29.5 Å². The summed E-state index contributed by atoms with van der Waals surface area (Å²) >= 11 is 0. The van der Waals surface area contributed by atoms with Crippen molar-refractivity contribution in [1.82, 2.24) is 15.1 Å². The Morgan fingerprint density at radius 1 is 1.25 bits per heavy atom. The number of nitrogens with zero attached hydrogens (tertiary/aromatic N) is 2. The molecule has 0 unspecified atom stereocenters. The quantitative estimate of drug-likeness (QED) is 0.857. The van der Waals surface area contributed by atoms with Crippen LogP contribution < -0.4 is 5.32 Å². The Morgan fingerprint density at radius 2 is 1.92 bits per heavy atom. The van der Waals surface area contributed by atoms with Gasteiger partial charge in [0.2, 0.25) is 0 Å². The summed E-state index contributed by atoms with van der Waals surface area (Å²) in [6.45, 7) is 6.08. The normalized spacial score (nSPS) is 17.9. The number of carbonyl (C=O) groups excluding carboxylic acids is 3. The maximum Gasteiger partial charge on any atom is 0.324 e. The number of nitrogens with one attached hydrogen (secondary N) is 1. The first-order chi connectivity index (χ1) is 11.1. The van der Waals surface area contributed by atoms with E-state index < -0.39 is 6.04 Å². The van der Waals surface area contributed by atoms with Crippen LogP contribution in [0.3, 0.4) is 0 Å². The first-order valence-electron chi connectivity index (χ1n) is 8.03. The molecule has 1 atom stereocenters. The van der Waals surface area contributed by atoms with Crippen LogP contribution in [-0.4, -0.2) is 54.3 Å². The standard InChI is InChI=1S/C18H25N3O3/c1-18(2,3)14-16(23)21(17(24)19-14)10-9-12-7-6-8-13(11-12)15(22)20(4)5/h6-8,11,14H,9-10H2,1-5H3,(H,19,24)/t14-/m1/s1. The third-order valence-corrected chi connectivity index (χ3v) is 4.10. The van der Waals surface area contributed by atoms with Gasteiger partial charge in [-0.3, -0.25) is 14.5 Å². The van der Waals surface area contributed by atoms with Gasteiger partial charge in [0.25, 0.3) is 11.8 Å². The van der Waals surface area contributed by atoms with Crippen molar-refractivity contribution in [2.45, 2.75) is 33.2 Å². The third kappa shape index (κ3) is 3.75. The van der Waals surface area contributed by atoms with E-state index in [1.54, 1.807) is 20.2 Å². The highest BCUT2D eigenvalue weighted by Gasteiger charge is 2.43. The van der Waals surface area contributed by atoms with Gasteiger partial charge in [-0.15, -0.1) is 0 Å². The smallest absolute Gasteiger partial charge is 0.324 e. The number of carbonyl (C=O) groups is 3. The molecule has 1 aliphatic rings. The van der Waals surface area contributed by atoms with Crippen LogP contribution in [0.25, 0.3) is 0 Å². The maximum absolute atomic E-state index is 12.4. The molecule has 1 saturated heterocycles. The summed E-state index contributed by atoms with van der Waals surface area (Å²) in [5.74, 6) is -0.257. The number of urea groups is 1. The second kappa shape index (κ2) is 6.63. The van der Waals surface area contributed by atoms with Gasteiger partial charge in [-0.25, -0.2) is 4.79 Å². The van der Waals surface area contributed by atoms with E-state index in [0.717, 1.165) is 5.56 Å². The monoisotopic (exact) mass is 331 g/mol. The highest BCUT2D eigenvalue weighted by Crippen LogP contribution is 2.25. The molecule has 2 rings (SSSR count). The lowest BCUT2D eigenvalue weighted by molar-refractivity contribution is -0.129. The van der Waals surface area contributed by atoms with Gasteiger partial charge in [0.05, 0.1) is 0 Å². The van der Waals surface area contributed by atoms with Crippen LogP contribution in [0.15, 0.2) is 24.3 Å². The summed E-state index contributed by atoms with van der Waals surface area (Å²) in [7, 11) is 3.41. The van der Waals surface area contributed by atoms with Crippen LogP contribution in [0.1, 0.15) is 36.7 Å². The molecule has 0 saturated carbocycles. The first kappa shape index (κ1) is 18.0. The number of hydrogen-bond donors (Lipinski definition) is 1. The summed E-state index contributed by atoms with van der Waals surface area (Å²) in [4.78, 5) is 39.3. The number of rotatable bonds is 4. The van der Waals surface area contributed by atoms with Gasteiger partial charge >= 0.3 is 6.03 Å². The van der Waals surface area contributed by atoms with E-state index in [2.05, 4.69) is 5.32 Å². The molecule has 1 aliphatic heterocycles. The van der Waals surface area contributed by atoms with Gasteiger partial charge in [0.15, 0.2) is 0 Å². The molecular formula is C18H25N3O3. The summed E-state index contributed by atoms with van der Waals surface area (Å²) in [6.07, 6.45) is 0.518. The Kier molecular flexibility index (Phi) is 4.96. The number of amides is 4. The fraction of sp³-hybridized carbons (Fsp3) is 0.500. The summed E-state index contributed by atoms with van der Waals surface area (Å²) in [5.41, 5.74) is 1.20. The first-order valence-corrected chi connectivity index (χ1v) is 8.03. The average Bonchev–Trinajstić information content (AvgIpc) is 2.79. The van der Waals surface area contributed by atoms with Crippen molar-refractivity contribution in [2.75, 3.05) is 20.6 Å². The molecular weight excluding hydrogens is 306 g/mol. The minimum Gasteiger partial charge on any atom is -0.345 e. The zero-order valence-corrected chi connectivity index (χ0v) is 14.9. The van der Waals surface area contributed by atoms with E-state index in [0.29, 0.717) is 18.5 Å². The van der Waals surface area contributed by atoms with E-state index in [4.69, 9.17) is 0 Å². The lowest BCUT2D eigenvalue weighted by Gasteiger charge is -2.24. The van der Waals surface area contributed by atoms with Gasteiger partial charge < -0.3 is 10.2 Å². The largest absolute Gasteiger partial charge is 0.345 e.